The summed E-state index contributed by atoms with van der Waals surface area (Å²) < 4.78 is 0. The van der Waals surface area contributed by atoms with Crippen LogP contribution in [0.25, 0.3) is 0 Å². The van der Waals surface area contributed by atoms with Crippen molar-refractivity contribution in [3.8, 4) is 5.75 Å². The molecular formula is C17H26N2O3. The molecular weight excluding hydrogens is 280 g/mol. The molecule has 1 aromatic carbocycles. The molecule has 1 fully saturated rings. The first kappa shape index (κ1) is 16.6. The number of carbonyl (C=O) groups excluding carboxylic acids is 1. The molecule has 2 rings (SSSR count). The first-order valence-corrected chi connectivity index (χ1v) is 7.81. The second-order valence-electron chi connectivity index (χ2n) is 7.05. The van der Waals surface area contributed by atoms with Crippen LogP contribution in [0.4, 0.5) is 5.69 Å². The first-order valence-electron chi connectivity index (χ1n) is 7.81. The summed E-state index contributed by atoms with van der Waals surface area (Å²) in [4.78, 5) is 14.3. The predicted octanol–water partition coefficient (Wildman–Crippen LogP) is 2.45. The van der Waals surface area contributed by atoms with Gasteiger partial charge in [-0.1, -0.05) is 0 Å². The SMILES string of the molecule is CC(C)(C)Nc1ccc(C(=O)N2CCCC(CO)C2)c(O)c1. The van der Waals surface area contributed by atoms with E-state index in [0.29, 0.717) is 18.7 Å². The number of hydrogen-bond acceptors (Lipinski definition) is 4. The highest BCUT2D eigenvalue weighted by Crippen LogP contribution is 2.27. The van der Waals surface area contributed by atoms with Gasteiger partial charge in [0.2, 0.25) is 0 Å². The van der Waals surface area contributed by atoms with E-state index in [2.05, 4.69) is 5.32 Å². The van der Waals surface area contributed by atoms with Crippen molar-refractivity contribution < 1.29 is 15.0 Å². The fraction of sp³-hybridized carbons (Fsp3) is 0.588. The molecule has 1 heterocycles. The molecule has 122 valence electrons. The lowest BCUT2D eigenvalue weighted by molar-refractivity contribution is 0.0618. The zero-order chi connectivity index (χ0) is 16.3. The molecule has 1 aromatic rings. The van der Waals surface area contributed by atoms with Gasteiger partial charge in [-0.15, -0.1) is 0 Å². The maximum atomic E-state index is 12.5. The van der Waals surface area contributed by atoms with Crippen molar-refractivity contribution in [2.75, 3.05) is 25.0 Å². The Hall–Kier alpha value is -1.75. The Morgan fingerprint density at radius 1 is 1.41 bits per heavy atom. The van der Waals surface area contributed by atoms with E-state index in [1.165, 1.54) is 0 Å². The molecule has 1 unspecified atom stereocenters. The van der Waals surface area contributed by atoms with E-state index in [-0.39, 0.29) is 29.7 Å². The molecule has 0 radical (unpaired) electrons. The van der Waals surface area contributed by atoms with Gasteiger partial charge in [-0.05, 0) is 51.7 Å². The number of phenols is 1. The molecule has 1 amide bonds. The molecule has 5 heteroatoms. The second kappa shape index (κ2) is 6.57. The molecule has 1 aliphatic heterocycles. The zero-order valence-electron chi connectivity index (χ0n) is 13.6. The Morgan fingerprint density at radius 3 is 2.73 bits per heavy atom. The van der Waals surface area contributed by atoms with Gasteiger partial charge < -0.3 is 20.4 Å². The third-order valence-electron chi connectivity index (χ3n) is 3.81. The lowest BCUT2D eigenvalue weighted by atomic mass is 9.98. The Balaban J connectivity index is 2.13. The normalized spacial score (nSPS) is 19.1. The van der Waals surface area contributed by atoms with Gasteiger partial charge >= 0.3 is 0 Å². The number of hydrogen-bond donors (Lipinski definition) is 3. The van der Waals surface area contributed by atoms with Crippen LogP contribution in [-0.2, 0) is 0 Å². The molecule has 3 N–H and O–H groups in total. The van der Waals surface area contributed by atoms with Gasteiger partial charge in [-0.2, -0.15) is 0 Å². The number of nitrogens with zero attached hydrogens (tertiary/aromatic N) is 1. The summed E-state index contributed by atoms with van der Waals surface area (Å²) in [5, 5.41) is 22.7. The Morgan fingerprint density at radius 2 is 2.14 bits per heavy atom. The fourth-order valence-corrected chi connectivity index (χ4v) is 2.79. The number of aliphatic hydroxyl groups is 1. The van der Waals surface area contributed by atoms with Gasteiger partial charge in [-0.3, -0.25) is 4.79 Å². The van der Waals surface area contributed by atoms with Gasteiger partial charge in [0.05, 0.1) is 5.56 Å². The summed E-state index contributed by atoms with van der Waals surface area (Å²) in [7, 11) is 0. The van der Waals surface area contributed by atoms with Crippen molar-refractivity contribution in [2.45, 2.75) is 39.2 Å². The van der Waals surface area contributed by atoms with Crippen LogP contribution in [0, 0.1) is 5.92 Å². The van der Waals surface area contributed by atoms with Crippen LogP contribution in [0.3, 0.4) is 0 Å². The molecule has 0 saturated carbocycles. The molecule has 22 heavy (non-hydrogen) atoms. The maximum absolute atomic E-state index is 12.5. The molecule has 0 aromatic heterocycles. The molecule has 5 nitrogen and oxygen atoms in total. The number of aliphatic hydroxyl groups excluding tert-OH is 1. The highest BCUT2D eigenvalue weighted by Gasteiger charge is 2.25. The fourth-order valence-electron chi connectivity index (χ4n) is 2.79. The van der Waals surface area contributed by atoms with Crippen molar-refractivity contribution in [3.05, 3.63) is 23.8 Å². The summed E-state index contributed by atoms with van der Waals surface area (Å²) in [5.41, 5.74) is 0.991. The third kappa shape index (κ3) is 4.13. The molecule has 0 aliphatic carbocycles. The van der Waals surface area contributed by atoms with E-state index in [4.69, 9.17) is 0 Å². The number of phenolic OH excluding ortho intramolecular Hbond substituents is 1. The van der Waals surface area contributed by atoms with Crippen molar-refractivity contribution in [3.63, 3.8) is 0 Å². The smallest absolute Gasteiger partial charge is 0.257 e. The summed E-state index contributed by atoms with van der Waals surface area (Å²) in [5.74, 6) is -0.0370. The molecule has 0 bridgehead atoms. The number of piperidine rings is 1. The first-order chi connectivity index (χ1) is 10.3. The summed E-state index contributed by atoms with van der Waals surface area (Å²) in [6.07, 6.45) is 1.84. The number of likely N-dealkylation sites (tertiary alicyclic amines) is 1. The largest absolute Gasteiger partial charge is 0.507 e. The monoisotopic (exact) mass is 306 g/mol. The van der Waals surface area contributed by atoms with Crippen LogP contribution >= 0.6 is 0 Å². The highest BCUT2D eigenvalue weighted by atomic mass is 16.3. The highest BCUT2D eigenvalue weighted by molar-refractivity contribution is 5.97. The van der Waals surface area contributed by atoms with Gasteiger partial charge in [0.15, 0.2) is 0 Å². The Labute approximate surface area is 131 Å². The Kier molecular flexibility index (Phi) is 4.96. The van der Waals surface area contributed by atoms with Crippen LogP contribution in [-0.4, -0.2) is 46.3 Å². The molecule has 1 aliphatic rings. The predicted molar refractivity (Wildman–Crippen MR) is 87.2 cm³/mol. The van der Waals surface area contributed by atoms with E-state index < -0.39 is 0 Å². The Bertz CT molecular complexity index is 537. The summed E-state index contributed by atoms with van der Waals surface area (Å²) in [6.45, 7) is 7.43. The standard InChI is InChI=1S/C17H26N2O3/c1-17(2,3)18-13-6-7-14(15(21)9-13)16(22)19-8-4-5-12(10-19)11-20/h6-7,9,12,18,20-21H,4-5,8,10-11H2,1-3H3. The minimum Gasteiger partial charge on any atom is -0.507 e. The number of rotatable bonds is 3. The number of aromatic hydroxyl groups is 1. The number of anilines is 1. The number of amides is 1. The van der Waals surface area contributed by atoms with E-state index in [0.717, 1.165) is 18.5 Å². The summed E-state index contributed by atoms with van der Waals surface area (Å²) >= 11 is 0. The minimum atomic E-state index is -0.169. The minimum absolute atomic E-state index is 0.00891. The van der Waals surface area contributed by atoms with Crippen molar-refractivity contribution in [1.82, 2.24) is 4.90 Å². The third-order valence-corrected chi connectivity index (χ3v) is 3.81. The maximum Gasteiger partial charge on any atom is 0.257 e. The van der Waals surface area contributed by atoms with Gasteiger partial charge in [-0.25, -0.2) is 0 Å². The van der Waals surface area contributed by atoms with E-state index in [1.807, 2.05) is 26.8 Å². The van der Waals surface area contributed by atoms with Crippen LogP contribution in [0.1, 0.15) is 44.0 Å². The van der Waals surface area contributed by atoms with E-state index >= 15 is 0 Å². The van der Waals surface area contributed by atoms with Gasteiger partial charge in [0, 0.05) is 37.0 Å². The number of benzene rings is 1. The van der Waals surface area contributed by atoms with Gasteiger partial charge in [0.1, 0.15) is 5.75 Å². The van der Waals surface area contributed by atoms with E-state index in [1.54, 1.807) is 17.0 Å². The average molecular weight is 306 g/mol. The van der Waals surface area contributed by atoms with Gasteiger partial charge in [0.25, 0.3) is 5.91 Å². The average Bonchev–Trinajstić information content (AvgIpc) is 2.45. The molecule has 1 atom stereocenters. The van der Waals surface area contributed by atoms with E-state index in [9.17, 15) is 15.0 Å². The van der Waals surface area contributed by atoms with Crippen LogP contribution < -0.4 is 5.32 Å². The number of carbonyl (C=O) groups is 1. The summed E-state index contributed by atoms with van der Waals surface area (Å²) in [6, 6.07) is 5.06. The van der Waals surface area contributed by atoms with Crippen LogP contribution in [0.5, 0.6) is 5.75 Å². The zero-order valence-corrected chi connectivity index (χ0v) is 13.6. The lowest BCUT2D eigenvalue weighted by Gasteiger charge is -2.32. The quantitative estimate of drug-likeness (QED) is 0.802. The van der Waals surface area contributed by atoms with Crippen molar-refractivity contribution in [2.24, 2.45) is 5.92 Å². The number of nitrogens with one attached hydrogen (secondary N) is 1. The lowest BCUT2D eigenvalue weighted by Crippen LogP contribution is -2.41. The van der Waals surface area contributed by atoms with Crippen LogP contribution in [0.15, 0.2) is 18.2 Å². The topological polar surface area (TPSA) is 72.8 Å². The van der Waals surface area contributed by atoms with Crippen LogP contribution in [0.2, 0.25) is 0 Å². The van der Waals surface area contributed by atoms with Crippen molar-refractivity contribution >= 4 is 11.6 Å². The molecule has 1 saturated heterocycles. The second-order valence-corrected chi connectivity index (χ2v) is 7.05. The molecule has 0 spiro atoms. The van der Waals surface area contributed by atoms with Crippen molar-refractivity contribution in [1.29, 1.82) is 0 Å².